The van der Waals surface area contributed by atoms with Crippen LogP contribution in [0.3, 0.4) is 0 Å². The molecule has 1 aromatic rings. The van der Waals surface area contributed by atoms with Crippen molar-refractivity contribution in [3.8, 4) is 0 Å². The lowest BCUT2D eigenvalue weighted by Crippen LogP contribution is -2.52. The van der Waals surface area contributed by atoms with Crippen LogP contribution in [0.5, 0.6) is 0 Å². The second kappa shape index (κ2) is 11.4. The predicted molar refractivity (Wildman–Crippen MR) is 166 cm³/mol. The second-order valence-electron chi connectivity index (χ2n) is 14.3. The SMILES string of the molecule is CC(C)=CCCC(C)C1=C2CC[C@@H]([C@H]3CCC4C(C)(C)[C@@H](OC(=O)Nc5ccc(Br)cc5)CC[C@@]43C)[C@H]2CC1. The third kappa shape index (κ3) is 5.66. The number of allylic oxidation sites excluding steroid dienone is 4. The van der Waals surface area contributed by atoms with E-state index in [0.29, 0.717) is 11.3 Å². The minimum Gasteiger partial charge on any atom is -0.445 e. The Morgan fingerprint density at radius 1 is 1.08 bits per heavy atom. The number of ether oxygens (including phenoxy) is 1. The van der Waals surface area contributed by atoms with Crippen LogP contribution in [-0.2, 0) is 4.74 Å². The lowest BCUT2D eigenvalue weighted by Gasteiger charge is -2.54. The maximum atomic E-state index is 12.9. The van der Waals surface area contributed by atoms with Gasteiger partial charge in [0.15, 0.2) is 0 Å². The summed E-state index contributed by atoms with van der Waals surface area (Å²) in [5.41, 5.74) is 6.26. The summed E-state index contributed by atoms with van der Waals surface area (Å²) in [6.45, 7) is 14.3. The second-order valence-corrected chi connectivity index (χ2v) is 15.2. The van der Waals surface area contributed by atoms with Crippen molar-refractivity contribution in [2.45, 2.75) is 112 Å². The van der Waals surface area contributed by atoms with Crippen LogP contribution in [0.4, 0.5) is 10.5 Å². The van der Waals surface area contributed by atoms with Crippen LogP contribution in [0.1, 0.15) is 106 Å². The molecule has 4 aliphatic carbocycles. The molecule has 0 heterocycles. The largest absolute Gasteiger partial charge is 0.445 e. The molecule has 214 valence electrons. The number of amides is 1. The smallest absolute Gasteiger partial charge is 0.411 e. The minimum absolute atomic E-state index is 0.0175. The Bertz CT molecular complexity index is 1110. The summed E-state index contributed by atoms with van der Waals surface area (Å²) in [5, 5.41) is 2.94. The van der Waals surface area contributed by atoms with Crippen LogP contribution in [0, 0.1) is 40.4 Å². The van der Waals surface area contributed by atoms with Crippen molar-refractivity contribution in [2.24, 2.45) is 40.4 Å². The fraction of sp³-hybridized carbons (Fsp3) is 0.686. The molecule has 5 rings (SSSR count). The summed E-state index contributed by atoms with van der Waals surface area (Å²) < 4.78 is 7.14. The van der Waals surface area contributed by atoms with E-state index in [1.54, 1.807) is 0 Å². The Kier molecular flexibility index (Phi) is 8.45. The van der Waals surface area contributed by atoms with Crippen LogP contribution >= 0.6 is 15.9 Å². The molecule has 0 bridgehead atoms. The van der Waals surface area contributed by atoms with Crippen molar-refractivity contribution >= 4 is 27.7 Å². The molecule has 3 saturated carbocycles. The highest BCUT2D eigenvalue weighted by Gasteiger charge is 2.61. The predicted octanol–water partition coefficient (Wildman–Crippen LogP) is 10.7. The molecule has 0 spiro atoms. The maximum Gasteiger partial charge on any atom is 0.411 e. The molecule has 2 unspecified atom stereocenters. The molecule has 4 heteroatoms. The average molecular weight is 597 g/mol. The number of nitrogens with one attached hydrogen (secondary N) is 1. The van der Waals surface area contributed by atoms with Gasteiger partial charge in [-0.1, -0.05) is 66.4 Å². The minimum atomic E-state index is -0.323. The zero-order valence-corrected chi connectivity index (χ0v) is 26.7. The highest BCUT2D eigenvalue weighted by Crippen LogP contribution is 2.67. The molecule has 0 radical (unpaired) electrons. The van der Waals surface area contributed by atoms with Gasteiger partial charge in [0.05, 0.1) is 0 Å². The van der Waals surface area contributed by atoms with Gasteiger partial charge in [-0.3, -0.25) is 5.32 Å². The Balaban J connectivity index is 1.24. The highest BCUT2D eigenvalue weighted by molar-refractivity contribution is 9.10. The topological polar surface area (TPSA) is 38.3 Å². The average Bonchev–Trinajstić information content (AvgIpc) is 3.56. The lowest BCUT2D eigenvalue weighted by atomic mass is 9.53. The molecule has 1 N–H and O–H groups in total. The van der Waals surface area contributed by atoms with Crippen LogP contribution < -0.4 is 5.32 Å². The number of halogens is 1. The zero-order valence-electron chi connectivity index (χ0n) is 25.1. The first-order valence-electron chi connectivity index (χ1n) is 15.6. The van der Waals surface area contributed by atoms with Gasteiger partial charge in [-0.2, -0.15) is 0 Å². The van der Waals surface area contributed by atoms with E-state index >= 15 is 0 Å². The summed E-state index contributed by atoms with van der Waals surface area (Å²) in [7, 11) is 0. The van der Waals surface area contributed by atoms with Gasteiger partial charge in [-0.25, -0.2) is 4.79 Å². The molecular formula is C35H50BrNO2. The summed E-state index contributed by atoms with van der Waals surface area (Å²) in [4.78, 5) is 12.9. The first kappa shape index (κ1) is 29.0. The molecule has 0 aliphatic heterocycles. The van der Waals surface area contributed by atoms with Crippen molar-refractivity contribution in [3.63, 3.8) is 0 Å². The standard InChI is InChI=1S/C35H50BrNO2/c1-22(2)8-7-9-23(3)26-14-15-28-27(26)16-17-29(28)30-18-19-31-34(4,5)32(20-21-35(30,31)6)39-33(38)37-25-12-10-24(36)11-13-25/h8,10-13,23,28-32H,7,9,14-21H2,1-6H3,(H,37,38)/t23?,28-,29+,30+,31?,32-,35+/m0/s1. The number of anilines is 1. The molecule has 3 fully saturated rings. The van der Waals surface area contributed by atoms with Crippen LogP contribution in [0.2, 0.25) is 0 Å². The van der Waals surface area contributed by atoms with Gasteiger partial charge in [-0.15, -0.1) is 0 Å². The van der Waals surface area contributed by atoms with Gasteiger partial charge in [-0.05, 0) is 137 Å². The van der Waals surface area contributed by atoms with Crippen LogP contribution in [0.25, 0.3) is 0 Å². The number of hydrogen-bond acceptors (Lipinski definition) is 2. The zero-order chi connectivity index (χ0) is 27.9. The highest BCUT2D eigenvalue weighted by atomic mass is 79.9. The van der Waals surface area contributed by atoms with Gasteiger partial charge >= 0.3 is 6.09 Å². The fourth-order valence-corrected chi connectivity index (χ4v) is 9.94. The van der Waals surface area contributed by atoms with Crippen molar-refractivity contribution in [1.29, 1.82) is 0 Å². The molecule has 0 aromatic heterocycles. The number of carbonyl (C=O) groups excluding carboxylic acids is 1. The molecule has 0 saturated heterocycles. The summed E-state index contributed by atoms with van der Waals surface area (Å²) >= 11 is 3.46. The van der Waals surface area contributed by atoms with Crippen molar-refractivity contribution in [1.82, 2.24) is 0 Å². The Labute approximate surface area is 245 Å². The fourth-order valence-electron chi connectivity index (χ4n) is 9.67. The van der Waals surface area contributed by atoms with E-state index in [1.807, 2.05) is 35.4 Å². The van der Waals surface area contributed by atoms with Crippen molar-refractivity contribution in [3.05, 3.63) is 51.5 Å². The molecule has 1 amide bonds. The molecule has 7 atom stereocenters. The third-order valence-electron chi connectivity index (χ3n) is 11.5. The first-order chi connectivity index (χ1) is 18.5. The maximum absolute atomic E-state index is 12.9. The summed E-state index contributed by atoms with van der Waals surface area (Å²) in [6, 6.07) is 7.68. The van der Waals surface area contributed by atoms with E-state index in [-0.39, 0.29) is 17.6 Å². The molecule has 4 aliphatic rings. The van der Waals surface area contributed by atoms with E-state index in [2.05, 4.69) is 68.9 Å². The third-order valence-corrected chi connectivity index (χ3v) is 12.1. The Hall–Kier alpha value is -1.55. The van der Waals surface area contributed by atoms with E-state index in [0.717, 1.165) is 40.3 Å². The van der Waals surface area contributed by atoms with Gasteiger partial charge in [0.25, 0.3) is 0 Å². The van der Waals surface area contributed by atoms with Gasteiger partial charge in [0.1, 0.15) is 6.10 Å². The molecular weight excluding hydrogens is 546 g/mol. The number of hydrogen-bond donors (Lipinski definition) is 1. The van der Waals surface area contributed by atoms with Gasteiger partial charge in [0.2, 0.25) is 0 Å². The van der Waals surface area contributed by atoms with Crippen molar-refractivity contribution < 1.29 is 9.53 Å². The molecule has 3 nitrogen and oxygen atoms in total. The molecule has 39 heavy (non-hydrogen) atoms. The Morgan fingerprint density at radius 3 is 2.54 bits per heavy atom. The van der Waals surface area contributed by atoms with Crippen LogP contribution in [-0.4, -0.2) is 12.2 Å². The van der Waals surface area contributed by atoms with Gasteiger partial charge in [0, 0.05) is 15.6 Å². The number of fused-ring (bicyclic) bond motifs is 2. The van der Waals surface area contributed by atoms with E-state index in [4.69, 9.17) is 4.74 Å². The molecule has 1 aromatic carbocycles. The van der Waals surface area contributed by atoms with E-state index in [9.17, 15) is 4.79 Å². The number of rotatable bonds is 7. The van der Waals surface area contributed by atoms with Crippen molar-refractivity contribution in [2.75, 3.05) is 5.32 Å². The summed E-state index contributed by atoms with van der Waals surface area (Å²) in [6.07, 6.45) is 14.8. The van der Waals surface area contributed by atoms with E-state index < -0.39 is 0 Å². The number of benzene rings is 1. The quantitative estimate of drug-likeness (QED) is 0.318. The van der Waals surface area contributed by atoms with E-state index in [1.165, 1.54) is 63.4 Å². The summed E-state index contributed by atoms with van der Waals surface area (Å²) in [5.74, 6) is 3.83. The normalized spacial score (nSPS) is 33.9. The Morgan fingerprint density at radius 2 is 1.82 bits per heavy atom. The lowest BCUT2D eigenvalue weighted by molar-refractivity contribution is -0.101. The number of carbonyl (C=O) groups is 1. The monoisotopic (exact) mass is 595 g/mol. The van der Waals surface area contributed by atoms with Crippen LogP contribution in [0.15, 0.2) is 51.5 Å². The van der Waals surface area contributed by atoms with Gasteiger partial charge < -0.3 is 4.74 Å². The first-order valence-corrected chi connectivity index (χ1v) is 16.4.